The Kier molecular flexibility index (Phi) is 8.93. The molecule has 0 amide bonds. The molecule has 1 fully saturated rings. The smallest absolute Gasteiger partial charge is 0.303 e. The lowest BCUT2D eigenvalue weighted by Crippen LogP contribution is -2.28. The number of aliphatic hydroxyl groups is 2. The first kappa shape index (κ1) is 18.4. The molecule has 3 N–H and O–H groups in total. The van der Waals surface area contributed by atoms with Crippen LogP contribution in [-0.2, 0) is 4.79 Å². The molecule has 1 saturated carbocycles. The molecule has 124 valence electrons. The molecule has 1 aliphatic rings. The summed E-state index contributed by atoms with van der Waals surface area (Å²) in [5, 5.41) is 29.0. The second-order valence-corrected chi connectivity index (χ2v) is 6.53. The lowest BCUT2D eigenvalue weighted by molar-refractivity contribution is -0.137. The summed E-state index contributed by atoms with van der Waals surface area (Å²) in [5.74, 6) is -0.234. The zero-order valence-electron chi connectivity index (χ0n) is 13.3. The van der Waals surface area contributed by atoms with Crippen LogP contribution in [0.5, 0.6) is 0 Å². The van der Waals surface area contributed by atoms with Gasteiger partial charge in [0, 0.05) is 6.42 Å². The fourth-order valence-electron chi connectivity index (χ4n) is 3.60. The zero-order valence-corrected chi connectivity index (χ0v) is 13.3. The summed E-state index contributed by atoms with van der Waals surface area (Å²) in [7, 11) is 0. The number of hydrogen-bond acceptors (Lipinski definition) is 3. The Labute approximate surface area is 128 Å². The van der Waals surface area contributed by atoms with Crippen molar-refractivity contribution in [2.24, 2.45) is 11.8 Å². The molecule has 0 aromatic heterocycles. The Morgan fingerprint density at radius 3 is 2.52 bits per heavy atom. The molecule has 0 aliphatic heterocycles. The van der Waals surface area contributed by atoms with Gasteiger partial charge in [-0.25, -0.2) is 0 Å². The highest BCUT2D eigenvalue weighted by molar-refractivity contribution is 5.66. The second-order valence-electron chi connectivity index (χ2n) is 6.53. The number of carboxylic acids is 1. The molecule has 0 saturated heterocycles. The predicted octanol–water partition coefficient (Wildman–Crippen LogP) is 3.35. The Morgan fingerprint density at radius 1 is 1.14 bits per heavy atom. The van der Waals surface area contributed by atoms with Gasteiger partial charge in [0.25, 0.3) is 0 Å². The van der Waals surface area contributed by atoms with Crippen molar-refractivity contribution in [1.82, 2.24) is 0 Å². The molecule has 0 aromatic carbocycles. The van der Waals surface area contributed by atoms with E-state index in [9.17, 15) is 15.0 Å². The Hall–Kier alpha value is -0.610. The van der Waals surface area contributed by atoms with Crippen LogP contribution in [0.3, 0.4) is 0 Å². The van der Waals surface area contributed by atoms with Gasteiger partial charge in [-0.15, -0.1) is 0 Å². The van der Waals surface area contributed by atoms with Gasteiger partial charge in [-0.1, -0.05) is 39.0 Å². The van der Waals surface area contributed by atoms with Crippen molar-refractivity contribution in [2.75, 3.05) is 0 Å². The van der Waals surface area contributed by atoms with Gasteiger partial charge in [0.1, 0.15) is 0 Å². The van der Waals surface area contributed by atoms with Crippen LogP contribution in [-0.4, -0.2) is 33.5 Å². The van der Waals surface area contributed by atoms with E-state index in [2.05, 4.69) is 6.92 Å². The molecular formula is C17H32O4. The first-order valence-corrected chi connectivity index (χ1v) is 8.64. The minimum atomic E-state index is -0.722. The van der Waals surface area contributed by atoms with E-state index in [-0.39, 0.29) is 30.5 Å². The average Bonchev–Trinajstić information content (AvgIpc) is 2.81. The molecule has 0 spiro atoms. The van der Waals surface area contributed by atoms with Crippen LogP contribution in [0.4, 0.5) is 0 Å². The summed E-state index contributed by atoms with van der Waals surface area (Å²) in [5.41, 5.74) is 0. The molecule has 4 unspecified atom stereocenters. The van der Waals surface area contributed by atoms with Gasteiger partial charge in [-0.3, -0.25) is 4.79 Å². The van der Waals surface area contributed by atoms with Crippen molar-refractivity contribution in [3.05, 3.63) is 0 Å². The maximum atomic E-state index is 10.4. The minimum absolute atomic E-state index is 0.233. The third-order valence-electron chi connectivity index (χ3n) is 4.87. The topological polar surface area (TPSA) is 77.8 Å². The quantitative estimate of drug-likeness (QED) is 0.511. The monoisotopic (exact) mass is 300 g/mol. The standard InChI is InChI=1S/C17H32O4/c1-2-3-9-15(18)14-11-12-16(19)13(14)8-6-4-5-7-10-17(20)21/h13-16,18-19H,2-12H2,1H3,(H,20,21). The van der Waals surface area contributed by atoms with Crippen molar-refractivity contribution in [2.45, 2.75) is 89.8 Å². The Balaban J connectivity index is 2.24. The molecule has 0 bridgehead atoms. The van der Waals surface area contributed by atoms with E-state index >= 15 is 0 Å². The van der Waals surface area contributed by atoms with E-state index in [1.807, 2.05) is 0 Å². The van der Waals surface area contributed by atoms with E-state index in [1.54, 1.807) is 0 Å². The molecule has 21 heavy (non-hydrogen) atoms. The van der Waals surface area contributed by atoms with E-state index in [0.717, 1.165) is 64.2 Å². The molecule has 1 rings (SSSR count). The summed E-state index contributed by atoms with van der Waals surface area (Å²) in [4.78, 5) is 10.4. The molecule has 4 atom stereocenters. The number of aliphatic carboxylic acids is 1. The fraction of sp³-hybridized carbons (Fsp3) is 0.941. The first-order chi connectivity index (χ1) is 10.1. The third-order valence-corrected chi connectivity index (χ3v) is 4.87. The van der Waals surface area contributed by atoms with E-state index in [0.29, 0.717) is 0 Å². The molecule has 4 nitrogen and oxygen atoms in total. The highest BCUT2D eigenvalue weighted by Gasteiger charge is 2.37. The maximum Gasteiger partial charge on any atom is 0.303 e. The van der Waals surface area contributed by atoms with Gasteiger partial charge in [-0.2, -0.15) is 0 Å². The van der Waals surface area contributed by atoms with Gasteiger partial charge < -0.3 is 15.3 Å². The summed E-state index contributed by atoms with van der Waals surface area (Å²) in [6, 6.07) is 0. The van der Waals surface area contributed by atoms with Crippen LogP contribution in [0.25, 0.3) is 0 Å². The SMILES string of the molecule is CCCCC(O)C1CCC(O)C1CCCCCCC(=O)O. The van der Waals surface area contributed by atoms with Crippen molar-refractivity contribution in [1.29, 1.82) is 0 Å². The maximum absolute atomic E-state index is 10.4. The van der Waals surface area contributed by atoms with E-state index in [4.69, 9.17) is 5.11 Å². The molecule has 0 radical (unpaired) electrons. The van der Waals surface area contributed by atoms with Crippen molar-refractivity contribution >= 4 is 5.97 Å². The van der Waals surface area contributed by atoms with Gasteiger partial charge in [-0.05, 0) is 43.9 Å². The number of carboxylic acid groups (broad SMARTS) is 1. The van der Waals surface area contributed by atoms with Crippen LogP contribution in [0.1, 0.15) is 77.6 Å². The van der Waals surface area contributed by atoms with Crippen LogP contribution >= 0.6 is 0 Å². The zero-order chi connectivity index (χ0) is 15.7. The minimum Gasteiger partial charge on any atom is -0.481 e. The van der Waals surface area contributed by atoms with Crippen molar-refractivity contribution in [3.63, 3.8) is 0 Å². The second kappa shape index (κ2) is 10.2. The lowest BCUT2D eigenvalue weighted by Gasteiger charge is -2.26. The number of hydrogen-bond donors (Lipinski definition) is 3. The largest absolute Gasteiger partial charge is 0.481 e. The highest BCUT2D eigenvalue weighted by atomic mass is 16.4. The van der Waals surface area contributed by atoms with Gasteiger partial charge in [0.2, 0.25) is 0 Å². The van der Waals surface area contributed by atoms with E-state index < -0.39 is 5.97 Å². The number of aliphatic hydroxyl groups excluding tert-OH is 2. The van der Waals surface area contributed by atoms with E-state index in [1.165, 1.54) is 0 Å². The summed E-state index contributed by atoms with van der Waals surface area (Å²) in [6.07, 6.45) is 9.18. The molecule has 1 aliphatic carbocycles. The summed E-state index contributed by atoms with van der Waals surface area (Å²) < 4.78 is 0. The highest BCUT2D eigenvalue weighted by Crippen LogP contribution is 2.39. The van der Waals surface area contributed by atoms with Gasteiger partial charge >= 0.3 is 5.97 Å². The summed E-state index contributed by atoms with van der Waals surface area (Å²) in [6.45, 7) is 2.13. The Morgan fingerprint density at radius 2 is 1.86 bits per heavy atom. The number of rotatable bonds is 11. The fourth-order valence-corrected chi connectivity index (χ4v) is 3.60. The Bertz CT molecular complexity index is 293. The van der Waals surface area contributed by atoms with Crippen LogP contribution in [0.2, 0.25) is 0 Å². The average molecular weight is 300 g/mol. The predicted molar refractivity (Wildman–Crippen MR) is 83.1 cm³/mol. The number of carbonyl (C=O) groups is 1. The van der Waals surface area contributed by atoms with Crippen LogP contribution in [0.15, 0.2) is 0 Å². The molecule has 0 aromatic rings. The van der Waals surface area contributed by atoms with Gasteiger partial charge in [0.15, 0.2) is 0 Å². The molecule has 0 heterocycles. The number of unbranched alkanes of at least 4 members (excludes halogenated alkanes) is 4. The van der Waals surface area contributed by atoms with Crippen LogP contribution in [0, 0.1) is 11.8 Å². The molecule has 4 heteroatoms. The third kappa shape index (κ3) is 6.79. The normalized spacial score (nSPS) is 26.9. The lowest BCUT2D eigenvalue weighted by atomic mass is 9.84. The van der Waals surface area contributed by atoms with Crippen molar-refractivity contribution in [3.8, 4) is 0 Å². The van der Waals surface area contributed by atoms with Gasteiger partial charge in [0.05, 0.1) is 12.2 Å². The first-order valence-electron chi connectivity index (χ1n) is 8.64. The van der Waals surface area contributed by atoms with Crippen molar-refractivity contribution < 1.29 is 20.1 Å². The van der Waals surface area contributed by atoms with Crippen LogP contribution < -0.4 is 0 Å². The summed E-state index contributed by atoms with van der Waals surface area (Å²) >= 11 is 0. The molecular weight excluding hydrogens is 268 g/mol.